The number of aromatic nitrogens is 2. The summed E-state index contributed by atoms with van der Waals surface area (Å²) >= 11 is 15.1. The summed E-state index contributed by atoms with van der Waals surface area (Å²) in [7, 11) is 0. The van der Waals surface area contributed by atoms with Crippen molar-refractivity contribution in [2.45, 2.75) is 6.54 Å². The molecule has 140 valence electrons. The van der Waals surface area contributed by atoms with Crippen molar-refractivity contribution < 1.29 is 13.9 Å². The molecule has 27 heavy (non-hydrogen) atoms. The summed E-state index contributed by atoms with van der Waals surface area (Å²) < 4.78 is 20.7. The topological polar surface area (TPSA) is 93.0 Å². The number of benzene rings is 2. The quantitative estimate of drug-likeness (QED) is 0.458. The van der Waals surface area contributed by atoms with Gasteiger partial charge in [-0.2, -0.15) is 0 Å². The third-order valence-electron chi connectivity index (χ3n) is 3.50. The molecule has 0 unspecified atom stereocenters. The Bertz CT molecular complexity index is 992. The van der Waals surface area contributed by atoms with Gasteiger partial charge in [-0.15, -0.1) is 0 Å². The van der Waals surface area contributed by atoms with Crippen LogP contribution in [-0.2, 0) is 6.54 Å². The molecule has 0 saturated carbocycles. The first-order valence-electron chi connectivity index (χ1n) is 7.53. The van der Waals surface area contributed by atoms with Crippen LogP contribution in [-0.4, -0.2) is 15.9 Å². The maximum Gasteiger partial charge on any atom is 0.270 e. The lowest BCUT2D eigenvalue weighted by atomic mass is 10.2. The van der Waals surface area contributed by atoms with Crippen LogP contribution in [0.5, 0.6) is 11.5 Å². The van der Waals surface area contributed by atoms with Crippen LogP contribution in [0.25, 0.3) is 0 Å². The van der Waals surface area contributed by atoms with Crippen molar-refractivity contribution in [3.8, 4) is 11.5 Å². The highest BCUT2D eigenvalue weighted by atomic mass is 79.9. The number of imidazole rings is 1. The Labute approximate surface area is 172 Å². The second kappa shape index (κ2) is 8.16. The number of nitrogen functional groups attached to an aromatic ring is 1. The summed E-state index contributed by atoms with van der Waals surface area (Å²) in [6, 6.07) is 7.44. The summed E-state index contributed by atoms with van der Waals surface area (Å²) in [6.45, 7) is -0.0820. The van der Waals surface area contributed by atoms with E-state index in [9.17, 15) is 9.18 Å². The van der Waals surface area contributed by atoms with Gasteiger partial charge >= 0.3 is 0 Å². The third kappa shape index (κ3) is 4.52. The number of anilines is 1. The number of H-pyrrole nitrogens is 1. The van der Waals surface area contributed by atoms with Crippen LogP contribution in [0.15, 0.2) is 41.3 Å². The van der Waals surface area contributed by atoms with Gasteiger partial charge in [-0.1, -0.05) is 29.3 Å². The Morgan fingerprint density at radius 3 is 2.78 bits per heavy atom. The molecule has 0 atom stereocenters. The molecule has 0 aliphatic heterocycles. The Hall–Kier alpha value is -2.29. The summed E-state index contributed by atoms with van der Waals surface area (Å²) in [5.41, 5.74) is 6.49. The maximum atomic E-state index is 14.8. The third-order valence-corrected chi connectivity index (χ3v) is 4.62. The van der Waals surface area contributed by atoms with Crippen LogP contribution in [0.3, 0.4) is 0 Å². The molecule has 2 aromatic carbocycles. The molecule has 0 aliphatic rings. The molecule has 1 aromatic heterocycles. The predicted molar refractivity (Wildman–Crippen MR) is 105 cm³/mol. The smallest absolute Gasteiger partial charge is 0.270 e. The lowest BCUT2D eigenvalue weighted by Crippen LogP contribution is -2.24. The number of nitrogens with one attached hydrogen (secondary N) is 2. The summed E-state index contributed by atoms with van der Waals surface area (Å²) in [5, 5.41) is 3.00. The molecule has 0 bridgehead atoms. The normalized spacial score (nSPS) is 10.7. The van der Waals surface area contributed by atoms with Crippen molar-refractivity contribution in [1.82, 2.24) is 15.3 Å². The molecule has 1 amide bonds. The average molecular weight is 474 g/mol. The van der Waals surface area contributed by atoms with E-state index >= 15 is 0 Å². The molecular weight excluding hydrogens is 462 g/mol. The van der Waals surface area contributed by atoms with Crippen LogP contribution in [0.4, 0.5) is 10.1 Å². The van der Waals surface area contributed by atoms with E-state index in [0.29, 0.717) is 15.3 Å². The number of rotatable bonds is 5. The molecular formula is C17H12BrCl2FN4O2. The van der Waals surface area contributed by atoms with Gasteiger partial charge in [-0.25, -0.2) is 9.37 Å². The highest BCUT2D eigenvalue weighted by Crippen LogP contribution is 2.35. The second-order valence-corrected chi connectivity index (χ2v) is 7.02. The molecule has 6 nitrogen and oxygen atoms in total. The van der Waals surface area contributed by atoms with E-state index in [1.165, 1.54) is 36.7 Å². The number of nitrogens with zero attached hydrogens (tertiary/aromatic N) is 1. The summed E-state index contributed by atoms with van der Waals surface area (Å²) in [4.78, 5) is 18.7. The minimum absolute atomic E-state index is 0.0671. The average Bonchev–Trinajstić information content (AvgIpc) is 3.03. The number of halogens is 4. The van der Waals surface area contributed by atoms with Gasteiger partial charge in [0.1, 0.15) is 16.0 Å². The predicted octanol–water partition coefficient (Wildman–Crippen LogP) is 4.92. The minimum atomic E-state index is -0.704. The van der Waals surface area contributed by atoms with Crippen LogP contribution < -0.4 is 15.8 Å². The Morgan fingerprint density at radius 2 is 2.11 bits per heavy atom. The number of hydrogen-bond acceptors (Lipinski definition) is 4. The van der Waals surface area contributed by atoms with Gasteiger partial charge < -0.3 is 20.8 Å². The Morgan fingerprint density at radius 1 is 1.33 bits per heavy atom. The van der Waals surface area contributed by atoms with Gasteiger partial charge in [0.25, 0.3) is 5.91 Å². The molecule has 4 N–H and O–H groups in total. The first kappa shape index (κ1) is 19.5. The molecule has 0 aliphatic carbocycles. The largest absolute Gasteiger partial charge is 0.453 e. The number of hydrogen-bond donors (Lipinski definition) is 3. The van der Waals surface area contributed by atoms with E-state index in [1.54, 1.807) is 0 Å². The minimum Gasteiger partial charge on any atom is -0.453 e. The highest BCUT2D eigenvalue weighted by molar-refractivity contribution is 9.10. The SMILES string of the molecule is Nc1cc(Cl)cc(Oc2c(Cl)ccc(CNC(=O)c3[nH]cnc3Br)c2F)c1. The van der Waals surface area contributed by atoms with E-state index in [4.69, 9.17) is 33.7 Å². The van der Waals surface area contributed by atoms with Crippen LogP contribution >= 0.6 is 39.1 Å². The zero-order valence-corrected chi connectivity index (χ0v) is 16.6. The van der Waals surface area contributed by atoms with Gasteiger partial charge in [0.05, 0.1) is 11.3 Å². The zero-order chi connectivity index (χ0) is 19.6. The van der Waals surface area contributed by atoms with Gasteiger partial charge in [0.15, 0.2) is 11.6 Å². The molecule has 1 heterocycles. The van der Waals surface area contributed by atoms with Crippen LogP contribution in [0, 0.1) is 5.82 Å². The van der Waals surface area contributed by atoms with Crippen molar-refractivity contribution in [1.29, 1.82) is 0 Å². The van der Waals surface area contributed by atoms with E-state index in [-0.39, 0.29) is 34.3 Å². The monoisotopic (exact) mass is 472 g/mol. The first-order valence-corrected chi connectivity index (χ1v) is 9.08. The summed E-state index contributed by atoms with van der Waals surface area (Å²) in [5.74, 6) is -1.10. The number of aromatic amines is 1. The number of amides is 1. The number of ether oxygens (including phenoxy) is 1. The second-order valence-electron chi connectivity index (χ2n) is 5.42. The molecule has 0 fully saturated rings. The molecule has 0 spiro atoms. The fourth-order valence-corrected chi connectivity index (χ4v) is 3.08. The van der Waals surface area contributed by atoms with E-state index in [1.807, 2.05) is 0 Å². The molecule has 0 saturated heterocycles. The van der Waals surface area contributed by atoms with Crippen molar-refractivity contribution in [2.75, 3.05) is 5.73 Å². The lowest BCUT2D eigenvalue weighted by molar-refractivity contribution is 0.0945. The van der Waals surface area contributed by atoms with Gasteiger partial charge in [0.2, 0.25) is 0 Å². The van der Waals surface area contributed by atoms with Crippen LogP contribution in [0.1, 0.15) is 16.1 Å². The van der Waals surface area contributed by atoms with Crippen LogP contribution in [0.2, 0.25) is 10.0 Å². The standard InChI is InChI=1S/C17H12BrCl2FN4O2/c18-16-14(24-7-25-16)17(26)23-6-8-1-2-12(20)15(13(8)21)27-11-4-9(19)3-10(22)5-11/h1-5,7H,6,22H2,(H,23,26)(H,24,25). The summed E-state index contributed by atoms with van der Waals surface area (Å²) in [6.07, 6.45) is 1.37. The van der Waals surface area contributed by atoms with Crippen molar-refractivity contribution in [3.05, 3.63) is 68.4 Å². The fraction of sp³-hybridized carbons (Fsp3) is 0.0588. The first-order chi connectivity index (χ1) is 12.8. The van der Waals surface area contributed by atoms with Crippen molar-refractivity contribution in [3.63, 3.8) is 0 Å². The highest BCUT2D eigenvalue weighted by Gasteiger charge is 2.17. The molecule has 0 radical (unpaired) electrons. The maximum absolute atomic E-state index is 14.8. The molecule has 3 aromatic rings. The van der Waals surface area contributed by atoms with Gasteiger partial charge in [-0.05, 0) is 34.1 Å². The van der Waals surface area contributed by atoms with Gasteiger partial charge in [0, 0.05) is 28.9 Å². The number of carbonyl (C=O) groups is 1. The molecule has 10 heteroatoms. The zero-order valence-electron chi connectivity index (χ0n) is 13.5. The lowest BCUT2D eigenvalue weighted by Gasteiger charge is -2.13. The van der Waals surface area contributed by atoms with Crippen molar-refractivity contribution in [2.24, 2.45) is 0 Å². The Kier molecular flexibility index (Phi) is 5.88. The fourth-order valence-electron chi connectivity index (χ4n) is 2.27. The Balaban J connectivity index is 1.81. The molecule has 3 rings (SSSR count). The number of nitrogens with two attached hydrogens (primary N) is 1. The van der Waals surface area contributed by atoms with E-state index in [0.717, 1.165) is 0 Å². The van der Waals surface area contributed by atoms with E-state index < -0.39 is 11.7 Å². The van der Waals surface area contributed by atoms with E-state index in [2.05, 4.69) is 31.2 Å². The van der Waals surface area contributed by atoms with Crippen molar-refractivity contribution >= 4 is 50.7 Å². The number of carbonyl (C=O) groups excluding carboxylic acids is 1. The van der Waals surface area contributed by atoms with Gasteiger partial charge in [-0.3, -0.25) is 4.79 Å².